The first-order valence-corrected chi connectivity index (χ1v) is 7.32. The number of carbonyl (C=O) groups is 2. The van der Waals surface area contributed by atoms with Crippen molar-refractivity contribution in [3.63, 3.8) is 0 Å². The third-order valence-corrected chi connectivity index (χ3v) is 2.75. The highest BCUT2D eigenvalue weighted by Gasteiger charge is 2.39. The molecule has 1 fully saturated rings. The van der Waals surface area contributed by atoms with Crippen LogP contribution < -0.4 is 5.32 Å². The van der Waals surface area contributed by atoms with Crippen LogP contribution in [0, 0.1) is 5.92 Å². The van der Waals surface area contributed by atoms with Crippen molar-refractivity contribution in [3.05, 3.63) is 0 Å². The summed E-state index contributed by atoms with van der Waals surface area (Å²) in [5, 5.41) is 1.83. The Labute approximate surface area is 129 Å². The standard InChI is InChI=1S/C12H19F3N2O3.C2H6/c1-11(2,3)20-10(19)17-5-4-8(7-17)6-16-9(18)12(13,14)15;1-2/h8H,4-7H2,1-3H3,(H,16,18);1-2H3. The van der Waals surface area contributed by atoms with Crippen molar-refractivity contribution in [2.45, 2.75) is 52.8 Å². The number of carbonyl (C=O) groups excluding carboxylic acids is 2. The molecule has 0 aromatic rings. The van der Waals surface area contributed by atoms with Crippen molar-refractivity contribution in [2.24, 2.45) is 5.92 Å². The lowest BCUT2D eigenvalue weighted by molar-refractivity contribution is -0.173. The van der Waals surface area contributed by atoms with E-state index in [4.69, 9.17) is 4.74 Å². The van der Waals surface area contributed by atoms with Gasteiger partial charge in [0.1, 0.15) is 5.60 Å². The first kappa shape index (κ1) is 20.5. The number of hydrogen-bond donors (Lipinski definition) is 1. The molecule has 1 unspecified atom stereocenters. The van der Waals surface area contributed by atoms with Gasteiger partial charge >= 0.3 is 18.2 Å². The number of likely N-dealkylation sites (tertiary alicyclic amines) is 1. The van der Waals surface area contributed by atoms with Gasteiger partial charge in [-0.3, -0.25) is 4.79 Å². The molecular formula is C14H25F3N2O3. The lowest BCUT2D eigenvalue weighted by Crippen LogP contribution is -2.40. The van der Waals surface area contributed by atoms with Gasteiger partial charge in [0, 0.05) is 19.6 Å². The van der Waals surface area contributed by atoms with Gasteiger partial charge in [0.15, 0.2) is 0 Å². The Hall–Kier alpha value is -1.47. The zero-order valence-electron chi connectivity index (χ0n) is 13.7. The van der Waals surface area contributed by atoms with Crippen LogP contribution in [-0.4, -0.2) is 48.3 Å². The molecule has 1 saturated heterocycles. The zero-order valence-corrected chi connectivity index (χ0v) is 13.7. The summed E-state index contributed by atoms with van der Waals surface area (Å²) >= 11 is 0. The van der Waals surface area contributed by atoms with E-state index in [-0.39, 0.29) is 19.0 Å². The van der Waals surface area contributed by atoms with Crippen LogP contribution in [0.4, 0.5) is 18.0 Å². The number of nitrogens with zero attached hydrogens (tertiary/aromatic N) is 1. The summed E-state index contributed by atoms with van der Waals surface area (Å²) in [4.78, 5) is 23.9. The Kier molecular flexibility index (Phi) is 7.69. The summed E-state index contributed by atoms with van der Waals surface area (Å²) < 4.78 is 41.2. The summed E-state index contributed by atoms with van der Waals surface area (Å²) in [6.45, 7) is 9.82. The second-order valence-electron chi connectivity index (χ2n) is 5.79. The first-order chi connectivity index (χ1) is 9.99. The normalized spacial score (nSPS) is 18.4. The molecule has 130 valence electrons. The summed E-state index contributed by atoms with van der Waals surface area (Å²) in [5.74, 6) is -2.14. The maximum absolute atomic E-state index is 12.0. The van der Waals surface area contributed by atoms with Gasteiger partial charge < -0.3 is 15.0 Å². The van der Waals surface area contributed by atoms with Crippen molar-refractivity contribution in [1.29, 1.82) is 0 Å². The van der Waals surface area contributed by atoms with Gasteiger partial charge in [0.05, 0.1) is 0 Å². The maximum Gasteiger partial charge on any atom is 0.471 e. The molecule has 0 bridgehead atoms. The molecule has 22 heavy (non-hydrogen) atoms. The van der Waals surface area contributed by atoms with Gasteiger partial charge in [0.2, 0.25) is 0 Å². The highest BCUT2D eigenvalue weighted by atomic mass is 19.4. The monoisotopic (exact) mass is 326 g/mol. The van der Waals surface area contributed by atoms with Crippen LogP contribution in [0.5, 0.6) is 0 Å². The fourth-order valence-corrected chi connectivity index (χ4v) is 1.83. The van der Waals surface area contributed by atoms with Gasteiger partial charge in [-0.1, -0.05) is 13.8 Å². The molecule has 5 nitrogen and oxygen atoms in total. The summed E-state index contributed by atoms with van der Waals surface area (Å²) in [6.07, 6.45) is -4.82. The first-order valence-electron chi connectivity index (χ1n) is 7.32. The Morgan fingerprint density at radius 1 is 1.23 bits per heavy atom. The van der Waals surface area contributed by atoms with Crippen molar-refractivity contribution in [1.82, 2.24) is 10.2 Å². The number of ether oxygens (including phenoxy) is 1. The number of hydrogen-bond acceptors (Lipinski definition) is 3. The molecule has 0 aromatic heterocycles. The Bertz CT molecular complexity index is 379. The molecule has 1 atom stereocenters. The lowest BCUT2D eigenvalue weighted by Gasteiger charge is -2.24. The lowest BCUT2D eigenvalue weighted by atomic mass is 10.1. The van der Waals surface area contributed by atoms with E-state index in [1.807, 2.05) is 19.2 Å². The van der Waals surface area contributed by atoms with Crippen LogP contribution >= 0.6 is 0 Å². The highest BCUT2D eigenvalue weighted by molar-refractivity contribution is 5.81. The van der Waals surface area contributed by atoms with Gasteiger partial charge in [-0.25, -0.2) is 4.79 Å². The van der Waals surface area contributed by atoms with E-state index in [9.17, 15) is 22.8 Å². The average Bonchev–Trinajstić information content (AvgIpc) is 2.84. The quantitative estimate of drug-likeness (QED) is 0.849. The topological polar surface area (TPSA) is 58.6 Å². The van der Waals surface area contributed by atoms with Crippen molar-refractivity contribution in [3.8, 4) is 0 Å². The Morgan fingerprint density at radius 3 is 2.23 bits per heavy atom. The molecular weight excluding hydrogens is 301 g/mol. The Morgan fingerprint density at radius 2 is 1.77 bits per heavy atom. The van der Waals surface area contributed by atoms with Crippen LogP contribution in [0.25, 0.3) is 0 Å². The predicted molar refractivity (Wildman–Crippen MR) is 76.3 cm³/mol. The number of rotatable bonds is 2. The molecule has 0 radical (unpaired) electrons. The number of nitrogens with one attached hydrogen (secondary N) is 1. The van der Waals surface area contributed by atoms with Gasteiger partial charge in [-0.15, -0.1) is 0 Å². The number of alkyl halides is 3. The second kappa shape index (κ2) is 8.24. The van der Waals surface area contributed by atoms with E-state index >= 15 is 0 Å². The smallest absolute Gasteiger partial charge is 0.444 e. The van der Waals surface area contributed by atoms with Crippen LogP contribution in [-0.2, 0) is 9.53 Å². The maximum atomic E-state index is 12.0. The molecule has 1 heterocycles. The molecule has 1 aliphatic rings. The molecule has 1 N–H and O–H groups in total. The number of halogens is 3. The Balaban J connectivity index is 0.00000211. The third-order valence-electron chi connectivity index (χ3n) is 2.75. The van der Waals surface area contributed by atoms with Crippen molar-refractivity contribution >= 4 is 12.0 Å². The largest absolute Gasteiger partial charge is 0.471 e. The van der Waals surface area contributed by atoms with Gasteiger partial charge in [0.25, 0.3) is 0 Å². The van der Waals surface area contributed by atoms with E-state index in [2.05, 4.69) is 0 Å². The SMILES string of the molecule is CC.CC(C)(C)OC(=O)N1CCC(CNC(=O)C(F)(F)F)C1. The van der Waals surface area contributed by atoms with E-state index in [0.717, 1.165) is 0 Å². The predicted octanol–water partition coefficient (Wildman–Crippen LogP) is 2.95. The van der Waals surface area contributed by atoms with E-state index < -0.39 is 23.8 Å². The molecule has 0 aliphatic carbocycles. The van der Waals surface area contributed by atoms with Crippen LogP contribution in [0.2, 0.25) is 0 Å². The minimum atomic E-state index is -4.87. The number of amides is 2. The minimum Gasteiger partial charge on any atom is -0.444 e. The summed E-state index contributed by atoms with van der Waals surface area (Å²) in [5.41, 5.74) is -0.611. The van der Waals surface area contributed by atoms with Crippen LogP contribution in [0.1, 0.15) is 41.0 Å². The summed E-state index contributed by atoms with van der Waals surface area (Å²) in [6, 6.07) is 0. The van der Waals surface area contributed by atoms with Crippen molar-refractivity contribution in [2.75, 3.05) is 19.6 Å². The molecule has 8 heteroatoms. The molecule has 0 spiro atoms. The minimum absolute atomic E-state index is 0.0996. The van der Waals surface area contributed by atoms with Crippen LogP contribution in [0.15, 0.2) is 0 Å². The van der Waals surface area contributed by atoms with Crippen LogP contribution in [0.3, 0.4) is 0 Å². The average molecular weight is 326 g/mol. The van der Waals surface area contributed by atoms with E-state index in [0.29, 0.717) is 13.0 Å². The fourth-order valence-electron chi connectivity index (χ4n) is 1.83. The van der Waals surface area contributed by atoms with E-state index in [1.165, 1.54) is 4.90 Å². The summed E-state index contributed by atoms with van der Waals surface area (Å²) in [7, 11) is 0. The fraction of sp³-hybridized carbons (Fsp3) is 0.857. The van der Waals surface area contributed by atoms with E-state index in [1.54, 1.807) is 20.8 Å². The van der Waals surface area contributed by atoms with Gasteiger partial charge in [-0.05, 0) is 33.1 Å². The highest BCUT2D eigenvalue weighted by Crippen LogP contribution is 2.20. The third kappa shape index (κ3) is 7.51. The molecule has 1 rings (SSSR count). The zero-order chi connectivity index (χ0) is 17.6. The molecule has 2 amide bonds. The van der Waals surface area contributed by atoms with Crippen molar-refractivity contribution < 1.29 is 27.5 Å². The molecule has 0 aromatic carbocycles. The molecule has 1 aliphatic heterocycles. The molecule has 0 saturated carbocycles. The second-order valence-corrected chi connectivity index (χ2v) is 5.79. The van der Waals surface area contributed by atoms with Gasteiger partial charge in [-0.2, -0.15) is 13.2 Å².